The van der Waals surface area contributed by atoms with E-state index in [0.29, 0.717) is 21.6 Å². The molecule has 5 nitrogen and oxygen atoms in total. The Bertz CT molecular complexity index is 1090. The van der Waals surface area contributed by atoms with Crippen LogP contribution < -0.4 is 0 Å². The van der Waals surface area contributed by atoms with Crippen molar-refractivity contribution in [3.8, 4) is 0 Å². The van der Waals surface area contributed by atoms with Gasteiger partial charge in [-0.1, -0.05) is 29.8 Å². The van der Waals surface area contributed by atoms with Gasteiger partial charge in [0.05, 0.1) is 22.4 Å². The molecule has 3 rings (SSSR count). The van der Waals surface area contributed by atoms with E-state index in [-0.39, 0.29) is 11.0 Å². The molecule has 3 aromatic rings. The second-order valence-electron chi connectivity index (χ2n) is 6.56. The van der Waals surface area contributed by atoms with Crippen LogP contribution in [0.1, 0.15) is 32.4 Å². The maximum Gasteiger partial charge on any atom is 0.314 e. The van der Waals surface area contributed by atoms with Gasteiger partial charge in [0.1, 0.15) is 0 Å². The Morgan fingerprint density at radius 2 is 1.70 bits per heavy atom. The standard InChI is InChI=1S/C20H20ClNO4S/c1-13(2)26-20(23)14(3)19-12-15-11-16(21)9-10-18(15)22(19)27(24,25)17-7-5-4-6-8-17/h4-14H,1-3H3. The van der Waals surface area contributed by atoms with Crippen molar-refractivity contribution in [1.82, 2.24) is 3.97 Å². The SMILES string of the molecule is CC(C)OC(=O)C(C)c1cc2cc(Cl)ccc2n1S(=O)(=O)c1ccccc1. The van der Waals surface area contributed by atoms with Crippen LogP contribution in [0.15, 0.2) is 59.5 Å². The third-order valence-electron chi connectivity index (χ3n) is 4.18. The highest BCUT2D eigenvalue weighted by Gasteiger charge is 2.29. The predicted molar refractivity (Wildman–Crippen MR) is 106 cm³/mol. The number of nitrogens with zero attached hydrogens (tertiary/aromatic N) is 1. The number of fused-ring (bicyclic) bond motifs is 1. The summed E-state index contributed by atoms with van der Waals surface area (Å²) < 4.78 is 33.2. The molecule has 0 saturated carbocycles. The number of halogens is 1. The second-order valence-corrected chi connectivity index (χ2v) is 8.79. The van der Waals surface area contributed by atoms with Crippen molar-refractivity contribution in [2.24, 2.45) is 0 Å². The van der Waals surface area contributed by atoms with Gasteiger partial charge in [0.25, 0.3) is 10.0 Å². The van der Waals surface area contributed by atoms with Gasteiger partial charge in [0.2, 0.25) is 0 Å². The van der Waals surface area contributed by atoms with Crippen LogP contribution in [-0.4, -0.2) is 24.5 Å². The first kappa shape index (κ1) is 19.5. The van der Waals surface area contributed by atoms with Gasteiger partial charge in [-0.05, 0) is 57.2 Å². The molecule has 0 fully saturated rings. The second kappa shape index (κ2) is 7.37. The van der Waals surface area contributed by atoms with E-state index in [1.807, 2.05) is 0 Å². The van der Waals surface area contributed by atoms with Gasteiger partial charge < -0.3 is 4.74 Å². The molecule has 1 heterocycles. The van der Waals surface area contributed by atoms with E-state index in [0.717, 1.165) is 0 Å². The fourth-order valence-electron chi connectivity index (χ4n) is 2.91. The molecule has 0 amide bonds. The summed E-state index contributed by atoms with van der Waals surface area (Å²) in [6.45, 7) is 5.14. The van der Waals surface area contributed by atoms with Gasteiger partial charge >= 0.3 is 5.97 Å². The summed E-state index contributed by atoms with van der Waals surface area (Å²) in [6.07, 6.45) is -0.294. The molecule has 1 atom stereocenters. The number of hydrogen-bond acceptors (Lipinski definition) is 4. The lowest BCUT2D eigenvalue weighted by atomic mass is 10.1. The highest BCUT2D eigenvalue weighted by atomic mass is 35.5. The van der Waals surface area contributed by atoms with E-state index in [1.54, 1.807) is 63.2 Å². The Morgan fingerprint density at radius 3 is 2.33 bits per heavy atom. The average molecular weight is 406 g/mol. The fourth-order valence-corrected chi connectivity index (χ4v) is 4.71. The molecule has 0 saturated heterocycles. The lowest BCUT2D eigenvalue weighted by Crippen LogP contribution is -2.23. The van der Waals surface area contributed by atoms with Crippen LogP contribution >= 0.6 is 11.6 Å². The Hall–Kier alpha value is -2.31. The molecule has 0 radical (unpaired) electrons. The average Bonchev–Trinajstić information content (AvgIpc) is 3.00. The number of esters is 1. The molecule has 0 aliphatic heterocycles. The molecule has 2 aromatic carbocycles. The van der Waals surface area contributed by atoms with E-state index in [2.05, 4.69) is 0 Å². The van der Waals surface area contributed by atoms with Crippen LogP contribution in [0.3, 0.4) is 0 Å². The predicted octanol–water partition coefficient (Wildman–Crippen LogP) is 4.59. The van der Waals surface area contributed by atoms with Crippen molar-refractivity contribution < 1.29 is 17.9 Å². The number of ether oxygens (including phenoxy) is 1. The molecule has 0 aliphatic carbocycles. The van der Waals surface area contributed by atoms with Crippen LogP contribution in [0.4, 0.5) is 0 Å². The quantitative estimate of drug-likeness (QED) is 0.582. The molecule has 0 aliphatic rings. The smallest absolute Gasteiger partial charge is 0.314 e. The molecule has 0 spiro atoms. The number of carbonyl (C=O) groups is 1. The maximum atomic E-state index is 13.3. The lowest BCUT2D eigenvalue weighted by molar-refractivity contribution is -0.148. The van der Waals surface area contributed by atoms with E-state index in [9.17, 15) is 13.2 Å². The summed E-state index contributed by atoms with van der Waals surface area (Å²) >= 11 is 6.07. The number of aromatic nitrogens is 1. The van der Waals surface area contributed by atoms with Gasteiger partial charge in [0, 0.05) is 16.1 Å². The minimum Gasteiger partial charge on any atom is -0.462 e. The largest absolute Gasteiger partial charge is 0.462 e. The Labute approximate surface area is 163 Å². The molecular formula is C20H20ClNO4S. The van der Waals surface area contributed by atoms with E-state index in [1.165, 1.54) is 16.1 Å². The minimum absolute atomic E-state index is 0.142. The topological polar surface area (TPSA) is 65.4 Å². The summed E-state index contributed by atoms with van der Waals surface area (Å²) in [6, 6.07) is 14.7. The molecule has 1 aromatic heterocycles. The molecule has 142 valence electrons. The molecule has 0 bridgehead atoms. The zero-order valence-electron chi connectivity index (χ0n) is 15.2. The van der Waals surface area contributed by atoms with Crippen molar-refractivity contribution in [2.45, 2.75) is 37.7 Å². The number of hydrogen-bond donors (Lipinski definition) is 0. The van der Waals surface area contributed by atoms with Crippen LogP contribution in [-0.2, 0) is 19.6 Å². The van der Waals surface area contributed by atoms with Crippen LogP contribution in [0.5, 0.6) is 0 Å². The van der Waals surface area contributed by atoms with Crippen molar-refractivity contribution in [1.29, 1.82) is 0 Å². The zero-order chi connectivity index (χ0) is 19.8. The Morgan fingerprint density at radius 1 is 1.04 bits per heavy atom. The summed E-state index contributed by atoms with van der Waals surface area (Å²) in [5.74, 6) is -1.25. The summed E-state index contributed by atoms with van der Waals surface area (Å²) in [5.41, 5.74) is 0.796. The van der Waals surface area contributed by atoms with Crippen molar-refractivity contribution >= 4 is 38.5 Å². The zero-order valence-corrected chi connectivity index (χ0v) is 16.8. The summed E-state index contributed by atoms with van der Waals surface area (Å²) in [5, 5.41) is 1.13. The van der Waals surface area contributed by atoms with Crippen LogP contribution in [0.25, 0.3) is 10.9 Å². The van der Waals surface area contributed by atoms with E-state index >= 15 is 0 Å². The first-order valence-corrected chi connectivity index (χ1v) is 10.4. The van der Waals surface area contributed by atoms with Crippen LogP contribution in [0.2, 0.25) is 5.02 Å². The van der Waals surface area contributed by atoms with Gasteiger partial charge in [-0.3, -0.25) is 4.79 Å². The number of carbonyl (C=O) groups excluding carboxylic acids is 1. The number of benzene rings is 2. The Balaban J connectivity index is 2.25. The summed E-state index contributed by atoms with van der Waals surface area (Å²) in [7, 11) is -3.91. The first-order chi connectivity index (χ1) is 12.7. The normalized spacial score (nSPS) is 13.1. The van der Waals surface area contributed by atoms with Crippen LogP contribution in [0, 0.1) is 0 Å². The third kappa shape index (κ3) is 3.73. The van der Waals surface area contributed by atoms with Gasteiger partial charge in [-0.2, -0.15) is 0 Å². The van der Waals surface area contributed by atoms with Gasteiger partial charge in [-0.15, -0.1) is 0 Å². The lowest BCUT2D eigenvalue weighted by Gasteiger charge is -2.17. The first-order valence-electron chi connectivity index (χ1n) is 8.54. The number of rotatable bonds is 5. The van der Waals surface area contributed by atoms with E-state index < -0.39 is 21.9 Å². The van der Waals surface area contributed by atoms with Crippen molar-refractivity contribution in [2.75, 3.05) is 0 Å². The molecular weight excluding hydrogens is 386 g/mol. The molecule has 27 heavy (non-hydrogen) atoms. The summed E-state index contributed by atoms with van der Waals surface area (Å²) in [4.78, 5) is 12.6. The highest BCUT2D eigenvalue weighted by Crippen LogP contribution is 2.32. The Kier molecular flexibility index (Phi) is 5.31. The minimum atomic E-state index is -3.91. The van der Waals surface area contributed by atoms with Crippen molar-refractivity contribution in [3.05, 3.63) is 65.3 Å². The fraction of sp³-hybridized carbons (Fsp3) is 0.250. The third-order valence-corrected chi connectivity index (χ3v) is 6.17. The van der Waals surface area contributed by atoms with Gasteiger partial charge in [-0.25, -0.2) is 12.4 Å². The maximum absolute atomic E-state index is 13.3. The monoisotopic (exact) mass is 405 g/mol. The molecule has 0 N–H and O–H groups in total. The molecule has 1 unspecified atom stereocenters. The molecule has 7 heteroatoms. The highest BCUT2D eigenvalue weighted by molar-refractivity contribution is 7.90. The van der Waals surface area contributed by atoms with Crippen molar-refractivity contribution in [3.63, 3.8) is 0 Å². The van der Waals surface area contributed by atoms with E-state index in [4.69, 9.17) is 16.3 Å². The van der Waals surface area contributed by atoms with Gasteiger partial charge in [0.15, 0.2) is 0 Å².